The number of aromatic nitrogens is 2. The van der Waals surface area contributed by atoms with Gasteiger partial charge in [0, 0.05) is 0 Å². The van der Waals surface area contributed by atoms with Crippen LogP contribution in [-0.4, -0.2) is 30.3 Å². The van der Waals surface area contributed by atoms with Crippen molar-refractivity contribution >= 4 is 21.4 Å². The monoisotopic (exact) mass is 335 g/mol. The number of H-pyrrole nitrogens is 1. The molecule has 0 aliphatic heterocycles. The first-order valence-electron chi connectivity index (χ1n) is 7.43. The normalized spacial score (nSPS) is 12.8. The van der Waals surface area contributed by atoms with Crippen molar-refractivity contribution < 1.29 is 13.2 Å². The van der Waals surface area contributed by atoms with Gasteiger partial charge in [-0.25, -0.2) is 8.42 Å². The second-order valence-corrected chi connectivity index (χ2v) is 7.66. The molecule has 7 heteroatoms. The van der Waals surface area contributed by atoms with E-state index >= 15 is 0 Å². The summed E-state index contributed by atoms with van der Waals surface area (Å²) in [6.07, 6.45) is 0.420. The molecule has 0 saturated heterocycles. The molecule has 0 saturated carbocycles. The zero-order valence-corrected chi connectivity index (χ0v) is 14.3. The maximum atomic E-state index is 12.6. The summed E-state index contributed by atoms with van der Waals surface area (Å²) >= 11 is 0. The number of carbonyl (C=O) groups excluding carboxylic acids is 1. The van der Waals surface area contributed by atoms with Crippen molar-refractivity contribution in [3.05, 3.63) is 47.3 Å². The third-order valence-corrected chi connectivity index (χ3v) is 5.84. The largest absolute Gasteiger partial charge is 0.322 e. The molecule has 0 aliphatic carbocycles. The highest BCUT2D eigenvalue weighted by Gasteiger charge is 2.28. The molecule has 124 valence electrons. The lowest BCUT2D eigenvalue weighted by molar-refractivity contribution is -0.113. The number of benzene rings is 1. The van der Waals surface area contributed by atoms with Crippen LogP contribution in [0.5, 0.6) is 0 Å². The van der Waals surface area contributed by atoms with E-state index in [1.165, 1.54) is 0 Å². The summed E-state index contributed by atoms with van der Waals surface area (Å²) < 4.78 is 25.2. The minimum absolute atomic E-state index is 0.420. The van der Waals surface area contributed by atoms with Gasteiger partial charge in [0.05, 0.1) is 22.3 Å². The van der Waals surface area contributed by atoms with E-state index in [1.807, 2.05) is 6.07 Å². The maximum absolute atomic E-state index is 12.6. The van der Waals surface area contributed by atoms with Gasteiger partial charge in [0.25, 0.3) is 0 Å². The lowest BCUT2D eigenvalue weighted by Gasteiger charge is -2.16. The third kappa shape index (κ3) is 3.98. The van der Waals surface area contributed by atoms with Gasteiger partial charge in [0.2, 0.25) is 5.91 Å². The molecule has 0 bridgehead atoms. The number of hydrogen-bond acceptors (Lipinski definition) is 4. The van der Waals surface area contributed by atoms with E-state index < -0.39 is 26.7 Å². The Labute approximate surface area is 136 Å². The molecule has 0 spiro atoms. The maximum Gasteiger partial charge on any atom is 0.239 e. The van der Waals surface area contributed by atoms with E-state index in [4.69, 9.17) is 0 Å². The average molecular weight is 335 g/mol. The highest BCUT2D eigenvalue weighted by molar-refractivity contribution is 7.92. The summed E-state index contributed by atoms with van der Waals surface area (Å²) in [6, 6.07) is 8.97. The Bertz CT molecular complexity index is 763. The van der Waals surface area contributed by atoms with Crippen molar-refractivity contribution in [1.29, 1.82) is 0 Å². The number of amides is 1. The number of anilines is 1. The third-order valence-electron chi connectivity index (χ3n) is 3.70. The number of aryl methyl sites for hydroxylation is 2. The van der Waals surface area contributed by atoms with Crippen molar-refractivity contribution in [3.8, 4) is 0 Å². The molecule has 1 aromatic carbocycles. The number of nitrogens with one attached hydrogen (secondary N) is 2. The number of nitrogens with zero attached hydrogens (tertiary/aromatic N) is 1. The van der Waals surface area contributed by atoms with Crippen LogP contribution in [0.1, 0.15) is 35.5 Å². The van der Waals surface area contributed by atoms with Gasteiger partial charge in [-0.3, -0.25) is 9.89 Å². The van der Waals surface area contributed by atoms with Crippen molar-refractivity contribution in [1.82, 2.24) is 10.2 Å². The smallest absolute Gasteiger partial charge is 0.239 e. The molecule has 2 rings (SSSR count). The van der Waals surface area contributed by atoms with E-state index in [9.17, 15) is 13.2 Å². The summed E-state index contributed by atoms with van der Waals surface area (Å²) in [5.41, 5.74) is 2.57. The second kappa shape index (κ2) is 6.95. The van der Waals surface area contributed by atoms with E-state index in [2.05, 4.69) is 15.5 Å². The molecule has 1 amide bonds. The zero-order valence-electron chi connectivity index (χ0n) is 13.5. The van der Waals surface area contributed by atoms with E-state index in [0.29, 0.717) is 29.1 Å². The molecule has 0 fully saturated rings. The summed E-state index contributed by atoms with van der Waals surface area (Å²) in [4.78, 5) is 12.2. The molecule has 1 atom stereocenters. The molecule has 2 N–H and O–H groups in total. The van der Waals surface area contributed by atoms with Crippen molar-refractivity contribution in [3.63, 3.8) is 0 Å². The molecule has 23 heavy (non-hydrogen) atoms. The van der Waals surface area contributed by atoms with Crippen LogP contribution in [0.3, 0.4) is 0 Å². The lowest BCUT2D eigenvalue weighted by Crippen LogP contribution is -2.27. The van der Waals surface area contributed by atoms with E-state index in [1.54, 1.807) is 45.0 Å². The molecule has 0 aliphatic rings. The van der Waals surface area contributed by atoms with Crippen LogP contribution in [0.25, 0.3) is 0 Å². The Morgan fingerprint density at radius 3 is 2.43 bits per heavy atom. The van der Waals surface area contributed by atoms with Crippen LogP contribution in [0, 0.1) is 13.8 Å². The summed E-state index contributed by atoms with van der Waals surface area (Å²) in [7, 11) is -3.60. The predicted molar refractivity (Wildman–Crippen MR) is 90.0 cm³/mol. The Balaban J connectivity index is 2.15. The van der Waals surface area contributed by atoms with Crippen LogP contribution in [0.2, 0.25) is 0 Å². The molecular weight excluding hydrogens is 314 g/mol. The van der Waals surface area contributed by atoms with Gasteiger partial charge in [0.15, 0.2) is 9.84 Å². The van der Waals surface area contributed by atoms with Gasteiger partial charge in [-0.1, -0.05) is 37.3 Å². The van der Waals surface area contributed by atoms with Gasteiger partial charge in [-0.15, -0.1) is 0 Å². The number of aromatic amines is 1. The fourth-order valence-corrected chi connectivity index (χ4v) is 4.28. The molecule has 6 nitrogen and oxygen atoms in total. The number of hydrogen-bond donors (Lipinski definition) is 2. The topological polar surface area (TPSA) is 91.9 Å². The molecule has 1 heterocycles. The van der Waals surface area contributed by atoms with Crippen LogP contribution < -0.4 is 5.32 Å². The van der Waals surface area contributed by atoms with Gasteiger partial charge >= 0.3 is 0 Å². The molecule has 2 aromatic rings. The first kappa shape index (κ1) is 17.2. The predicted octanol–water partition coefficient (Wildman–Crippen LogP) is 2.53. The van der Waals surface area contributed by atoms with E-state index in [-0.39, 0.29) is 0 Å². The molecule has 1 aromatic heterocycles. The Kier molecular flexibility index (Phi) is 5.20. The van der Waals surface area contributed by atoms with Crippen LogP contribution in [0.4, 0.5) is 5.69 Å². The second-order valence-electron chi connectivity index (χ2n) is 5.47. The van der Waals surface area contributed by atoms with Crippen LogP contribution in [0.15, 0.2) is 30.3 Å². The number of carbonyl (C=O) groups is 1. The summed E-state index contributed by atoms with van der Waals surface area (Å²) in [6.45, 7) is 5.31. The number of rotatable bonds is 6. The fraction of sp³-hybridized carbons (Fsp3) is 0.375. The number of sulfone groups is 1. The Hall–Kier alpha value is -2.15. The van der Waals surface area contributed by atoms with E-state index in [0.717, 1.165) is 0 Å². The van der Waals surface area contributed by atoms with Gasteiger partial charge in [-0.2, -0.15) is 5.10 Å². The molecule has 0 unspecified atom stereocenters. The molecular formula is C16H21N3O3S. The van der Waals surface area contributed by atoms with Gasteiger partial charge in [-0.05, 0) is 25.8 Å². The fourth-order valence-electron chi connectivity index (χ4n) is 2.56. The summed E-state index contributed by atoms with van der Waals surface area (Å²) in [5, 5.41) is 8.68. The minimum Gasteiger partial charge on any atom is -0.322 e. The van der Waals surface area contributed by atoms with Crippen molar-refractivity contribution in [2.45, 2.75) is 32.4 Å². The summed E-state index contributed by atoms with van der Waals surface area (Å²) in [5.74, 6) is -1.10. The Morgan fingerprint density at radius 1 is 1.26 bits per heavy atom. The standard InChI is InChI=1S/C16H21N3O3S/c1-4-14(13-8-6-5-7-9-13)23(21,22)10-15(20)17-16-11(2)18-19-12(16)3/h5-9,14H,4,10H2,1-3H3,(H,17,20)(H,18,19)/t14-/m1/s1. The SMILES string of the molecule is CC[C@H](c1ccccc1)S(=O)(=O)CC(=O)Nc1c(C)n[nH]c1C. The first-order chi connectivity index (χ1) is 10.8. The first-order valence-corrected chi connectivity index (χ1v) is 9.14. The van der Waals surface area contributed by atoms with Gasteiger partial charge < -0.3 is 5.32 Å². The average Bonchev–Trinajstić information content (AvgIpc) is 2.80. The van der Waals surface area contributed by atoms with Gasteiger partial charge in [0.1, 0.15) is 5.75 Å². The van der Waals surface area contributed by atoms with Crippen molar-refractivity contribution in [2.24, 2.45) is 0 Å². The highest BCUT2D eigenvalue weighted by Crippen LogP contribution is 2.26. The minimum atomic E-state index is -3.60. The van der Waals surface area contributed by atoms with Crippen LogP contribution in [-0.2, 0) is 14.6 Å². The zero-order chi connectivity index (χ0) is 17.0. The van der Waals surface area contributed by atoms with Crippen LogP contribution >= 0.6 is 0 Å². The quantitative estimate of drug-likeness (QED) is 0.848. The molecule has 0 radical (unpaired) electrons. The Morgan fingerprint density at radius 2 is 1.91 bits per heavy atom. The van der Waals surface area contributed by atoms with Crippen molar-refractivity contribution in [2.75, 3.05) is 11.1 Å². The highest BCUT2D eigenvalue weighted by atomic mass is 32.2. The lowest BCUT2D eigenvalue weighted by atomic mass is 10.1.